The van der Waals surface area contributed by atoms with Crippen molar-refractivity contribution in [1.82, 2.24) is 15.6 Å². The Kier molecular flexibility index (Phi) is 6.97. The summed E-state index contributed by atoms with van der Waals surface area (Å²) in [4.78, 5) is 21.3. The fourth-order valence-electron chi connectivity index (χ4n) is 2.33. The Labute approximate surface area is 157 Å². The maximum atomic E-state index is 11.3. The lowest BCUT2D eigenvalue weighted by atomic mass is 10.2. The number of methoxy groups -OCH3 is 1. The highest BCUT2D eigenvalue weighted by Crippen LogP contribution is 2.25. The number of aryl methyl sites for hydroxylation is 2. The Morgan fingerprint density at radius 3 is 2.58 bits per heavy atom. The molecule has 0 aliphatic heterocycles. The van der Waals surface area contributed by atoms with Gasteiger partial charge in [0.25, 0.3) is 0 Å². The lowest BCUT2D eigenvalue weighted by Gasteiger charge is -2.13. The molecule has 0 radical (unpaired) electrons. The van der Waals surface area contributed by atoms with Crippen molar-refractivity contribution in [2.24, 2.45) is 4.99 Å². The van der Waals surface area contributed by atoms with Gasteiger partial charge in [-0.3, -0.25) is 9.79 Å². The summed E-state index contributed by atoms with van der Waals surface area (Å²) >= 11 is 1.68. The summed E-state index contributed by atoms with van der Waals surface area (Å²) in [7, 11) is 3.30. The van der Waals surface area contributed by atoms with Crippen LogP contribution in [0.3, 0.4) is 0 Å². The molecule has 0 bridgehead atoms. The SMILES string of the molecule is CN=C(NCc1ccc(OC)c(NC(C)=O)c1)NCc1nc(C)c(C)s1. The monoisotopic (exact) mass is 375 g/mol. The minimum absolute atomic E-state index is 0.139. The summed E-state index contributed by atoms with van der Waals surface area (Å²) in [5, 5.41) is 10.3. The van der Waals surface area contributed by atoms with Crippen LogP contribution in [-0.4, -0.2) is 31.0 Å². The minimum Gasteiger partial charge on any atom is -0.495 e. The number of rotatable bonds is 6. The molecular weight excluding hydrogens is 350 g/mol. The van der Waals surface area contributed by atoms with Crippen LogP contribution in [-0.2, 0) is 17.9 Å². The van der Waals surface area contributed by atoms with E-state index in [2.05, 4.69) is 32.9 Å². The molecule has 0 unspecified atom stereocenters. The fraction of sp³-hybridized carbons (Fsp3) is 0.389. The van der Waals surface area contributed by atoms with Gasteiger partial charge < -0.3 is 20.7 Å². The minimum atomic E-state index is -0.139. The van der Waals surface area contributed by atoms with Crippen LogP contribution in [0.2, 0.25) is 0 Å². The van der Waals surface area contributed by atoms with Crippen LogP contribution in [0.25, 0.3) is 0 Å². The van der Waals surface area contributed by atoms with Crippen molar-refractivity contribution >= 4 is 28.9 Å². The Morgan fingerprint density at radius 1 is 1.27 bits per heavy atom. The molecule has 0 fully saturated rings. The van der Waals surface area contributed by atoms with Crippen LogP contribution >= 0.6 is 11.3 Å². The second-order valence-electron chi connectivity index (χ2n) is 5.74. The van der Waals surface area contributed by atoms with Gasteiger partial charge in [0, 0.05) is 25.4 Å². The van der Waals surface area contributed by atoms with Crippen LogP contribution < -0.4 is 20.7 Å². The number of amides is 1. The molecule has 1 aromatic carbocycles. The van der Waals surface area contributed by atoms with E-state index in [1.165, 1.54) is 11.8 Å². The van der Waals surface area contributed by atoms with E-state index < -0.39 is 0 Å². The topological polar surface area (TPSA) is 87.6 Å². The van der Waals surface area contributed by atoms with Crippen LogP contribution in [0.4, 0.5) is 5.69 Å². The number of carbonyl (C=O) groups excluding carboxylic acids is 1. The molecule has 1 aromatic heterocycles. The molecule has 8 heteroatoms. The molecule has 1 amide bonds. The number of benzene rings is 1. The number of guanidine groups is 1. The van der Waals surface area contributed by atoms with Crippen molar-refractivity contribution < 1.29 is 9.53 Å². The zero-order chi connectivity index (χ0) is 19.1. The predicted molar refractivity (Wildman–Crippen MR) is 106 cm³/mol. The molecule has 0 saturated carbocycles. The third-order valence-corrected chi connectivity index (χ3v) is 4.81. The average Bonchev–Trinajstić information content (AvgIpc) is 2.92. The molecule has 2 aromatic rings. The summed E-state index contributed by atoms with van der Waals surface area (Å²) in [6.45, 7) is 6.74. The van der Waals surface area contributed by atoms with E-state index in [1.54, 1.807) is 25.5 Å². The molecule has 1 heterocycles. The molecule has 0 spiro atoms. The molecule has 0 atom stereocenters. The van der Waals surface area contributed by atoms with E-state index in [-0.39, 0.29) is 5.91 Å². The van der Waals surface area contributed by atoms with Crippen molar-refractivity contribution in [1.29, 1.82) is 0 Å². The van der Waals surface area contributed by atoms with Crippen molar-refractivity contribution in [2.75, 3.05) is 19.5 Å². The Balaban J connectivity index is 1.96. The first-order chi connectivity index (χ1) is 12.4. The number of carbonyl (C=O) groups is 1. The Hall–Kier alpha value is -2.61. The van der Waals surface area contributed by atoms with E-state index in [0.29, 0.717) is 30.5 Å². The number of nitrogens with zero attached hydrogens (tertiary/aromatic N) is 2. The molecular formula is C18H25N5O2S. The first-order valence-electron chi connectivity index (χ1n) is 8.25. The van der Waals surface area contributed by atoms with E-state index in [4.69, 9.17) is 4.74 Å². The van der Waals surface area contributed by atoms with E-state index in [1.807, 2.05) is 25.1 Å². The van der Waals surface area contributed by atoms with Gasteiger partial charge in [-0.05, 0) is 31.5 Å². The van der Waals surface area contributed by atoms with Crippen molar-refractivity contribution in [2.45, 2.75) is 33.9 Å². The summed E-state index contributed by atoms with van der Waals surface area (Å²) in [6, 6.07) is 5.66. The Bertz CT molecular complexity index is 781. The first-order valence-corrected chi connectivity index (χ1v) is 9.06. The van der Waals surface area contributed by atoms with Crippen molar-refractivity contribution in [3.63, 3.8) is 0 Å². The second kappa shape index (κ2) is 9.19. The van der Waals surface area contributed by atoms with Gasteiger partial charge in [-0.1, -0.05) is 6.07 Å². The van der Waals surface area contributed by atoms with Gasteiger partial charge in [-0.15, -0.1) is 11.3 Å². The van der Waals surface area contributed by atoms with Crippen LogP contribution in [0.15, 0.2) is 23.2 Å². The highest BCUT2D eigenvalue weighted by molar-refractivity contribution is 7.11. The third-order valence-electron chi connectivity index (χ3n) is 3.74. The van der Waals surface area contributed by atoms with Gasteiger partial charge in [0.15, 0.2) is 5.96 Å². The maximum Gasteiger partial charge on any atom is 0.221 e. The third kappa shape index (κ3) is 5.45. The quantitative estimate of drug-likeness (QED) is 0.534. The molecule has 140 valence electrons. The predicted octanol–water partition coefficient (Wildman–Crippen LogP) is 2.59. The molecule has 26 heavy (non-hydrogen) atoms. The lowest BCUT2D eigenvalue weighted by molar-refractivity contribution is -0.114. The molecule has 0 saturated heterocycles. The maximum absolute atomic E-state index is 11.3. The van der Waals surface area contributed by atoms with Gasteiger partial charge in [0.1, 0.15) is 10.8 Å². The summed E-state index contributed by atoms with van der Waals surface area (Å²) in [5.41, 5.74) is 2.72. The van der Waals surface area contributed by atoms with Gasteiger partial charge in [0.05, 0.1) is 25.0 Å². The molecule has 3 N–H and O–H groups in total. The first kappa shape index (κ1) is 19.7. The van der Waals surface area contributed by atoms with E-state index in [9.17, 15) is 4.79 Å². The molecule has 2 rings (SSSR count). The Morgan fingerprint density at radius 2 is 2.00 bits per heavy atom. The zero-order valence-corrected chi connectivity index (χ0v) is 16.6. The highest BCUT2D eigenvalue weighted by Gasteiger charge is 2.08. The van der Waals surface area contributed by atoms with Crippen molar-refractivity contribution in [3.8, 4) is 5.75 Å². The van der Waals surface area contributed by atoms with E-state index in [0.717, 1.165) is 16.3 Å². The average molecular weight is 375 g/mol. The number of ether oxygens (including phenoxy) is 1. The number of hydrogen-bond acceptors (Lipinski definition) is 5. The second-order valence-corrected chi connectivity index (χ2v) is 7.03. The number of thiazole rings is 1. The number of nitrogens with one attached hydrogen (secondary N) is 3. The number of aromatic nitrogens is 1. The van der Waals surface area contributed by atoms with Crippen LogP contribution in [0, 0.1) is 13.8 Å². The molecule has 0 aliphatic rings. The van der Waals surface area contributed by atoms with Gasteiger partial charge >= 0.3 is 0 Å². The summed E-state index contributed by atoms with van der Waals surface area (Å²) in [5.74, 6) is 1.17. The number of aliphatic imine (C=N–C) groups is 1. The number of hydrogen-bond donors (Lipinski definition) is 3. The van der Waals surface area contributed by atoms with Crippen molar-refractivity contribution in [3.05, 3.63) is 39.3 Å². The van der Waals surface area contributed by atoms with Gasteiger partial charge in [0.2, 0.25) is 5.91 Å². The standard InChI is InChI=1S/C18H25N5O2S/c1-11-12(2)26-17(22-11)10-21-18(19-4)20-9-14-6-7-16(25-5)15(8-14)23-13(3)24/h6-8H,9-10H2,1-5H3,(H,23,24)(H2,19,20,21). The van der Waals surface area contributed by atoms with Gasteiger partial charge in [-0.2, -0.15) is 0 Å². The van der Waals surface area contributed by atoms with E-state index >= 15 is 0 Å². The highest BCUT2D eigenvalue weighted by atomic mass is 32.1. The zero-order valence-electron chi connectivity index (χ0n) is 15.8. The number of anilines is 1. The normalized spacial score (nSPS) is 11.2. The molecule has 0 aliphatic carbocycles. The summed E-state index contributed by atoms with van der Waals surface area (Å²) in [6.07, 6.45) is 0. The molecule has 7 nitrogen and oxygen atoms in total. The lowest BCUT2D eigenvalue weighted by Crippen LogP contribution is -2.36. The smallest absolute Gasteiger partial charge is 0.221 e. The van der Waals surface area contributed by atoms with Gasteiger partial charge in [-0.25, -0.2) is 4.98 Å². The fourth-order valence-corrected chi connectivity index (χ4v) is 3.21. The summed E-state index contributed by atoms with van der Waals surface area (Å²) < 4.78 is 5.27. The largest absolute Gasteiger partial charge is 0.495 e. The van der Waals surface area contributed by atoms with Crippen LogP contribution in [0.1, 0.15) is 28.1 Å². The van der Waals surface area contributed by atoms with Crippen LogP contribution in [0.5, 0.6) is 5.75 Å².